The highest BCUT2D eigenvalue weighted by atomic mass is 16.5. The van der Waals surface area contributed by atoms with Crippen molar-refractivity contribution in [3.63, 3.8) is 0 Å². The van der Waals surface area contributed by atoms with Gasteiger partial charge in [0, 0.05) is 12.6 Å². The summed E-state index contributed by atoms with van der Waals surface area (Å²) in [5.41, 5.74) is 1.08. The highest BCUT2D eigenvalue weighted by Crippen LogP contribution is 2.38. The highest BCUT2D eigenvalue weighted by molar-refractivity contribution is 5.53. The van der Waals surface area contributed by atoms with Crippen molar-refractivity contribution in [2.75, 3.05) is 27.4 Å². The fraction of sp³-hybridized carbons (Fsp3) is 0.625. The van der Waals surface area contributed by atoms with Gasteiger partial charge in [-0.15, -0.1) is 0 Å². The summed E-state index contributed by atoms with van der Waals surface area (Å²) in [6, 6.07) is 4.42. The van der Waals surface area contributed by atoms with Crippen molar-refractivity contribution in [1.29, 1.82) is 0 Å². The molecule has 20 heavy (non-hydrogen) atoms. The molecule has 4 nitrogen and oxygen atoms in total. The quantitative estimate of drug-likeness (QED) is 0.706. The number of hydrogen-bond donors (Lipinski definition) is 1. The van der Waals surface area contributed by atoms with E-state index in [9.17, 15) is 0 Å². The van der Waals surface area contributed by atoms with Gasteiger partial charge in [0.25, 0.3) is 0 Å². The Morgan fingerprint density at radius 3 is 2.25 bits per heavy atom. The maximum absolute atomic E-state index is 5.82. The van der Waals surface area contributed by atoms with Gasteiger partial charge in [-0.3, -0.25) is 0 Å². The monoisotopic (exact) mass is 281 g/mol. The molecule has 0 saturated carbocycles. The third-order valence-corrected chi connectivity index (χ3v) is 3.17. The van der Waals surface area contributed by atoms with E-state index in [2.05, 4.69) is 19.2 Å². The molecule has 0 fully saturated rings. The number of ether oxygens (including phenoxy) is 3. The number of aryl methyl sites for hydroxylation is 1. The molecule has 1 unspecified atom stereocenters. The Bertz CT molecular complexity index is 382. The van der Waals surface area contributed by atoms with Crippen LogP contribution >= 0.6 is 0 Å². The Morgan fingerprint density at radius 1 is 1.15 bits per heavy atom. The standard InChI is InChI=1S/C16H27NO3/c1-6-7-13(3)17-8-9-20-16-14(18-4)10-12(2)11-15(16)19-5/h10-11,13,17H,6-9H2,1-5H3. The summed E-state index contributed by atoms with van der Waals surface area (Å²) >= 11 is 0. The predicted octanol–water partition coefficient (Wildman–Crippen LogP) is 3.17. The molecule has 0 radical (unpaired) electrons. The van der Waals surface area contributed by atoms with Crippen LogP contribution in [0, 0.1) is 6.92 Å². The molecule has 0 spiro atoms. The minimum atomic E-state index is 0.519. The largest absolute Gasteiger partial charge is 0.493 e. The van der Waals surface area contributed by atoms with Gasteiger partial charge in [0.15, 0.2) is 11.5 Å². The number of nitrogens with one attached hydrogen (secondary N) is 1. The second-order valence-electron chi connectivity index (χ2n) is 4.99. The molecule has 0 bridgehead atoms. The third kappa shape index (κ3) is 4.93. The predicted molar refractivity (Wildman–Crippen MR) is 82.2 cm³/mol. The van der Waals surface area contributed by atoms with Crippen LogP contribution in [0.3, 0.4) is 0 Å². The Labute approximate surface area is 122 Å². The molecule has 0 aromatic heterocycles. The number of benzene rings is 1. The van der Waals surface area contributed by atoms with E-state index in [4.69, 9.17) is 14.2 Å². The first-order valence-corrected chi connectivity index (χ1v) is 7.21. The van der Waals surface area contributed by atoms with Gasteiger partial charge < -0.3 is 19.5 Å². The van der Waals surface area contributed by atoms with E-state index in [1.54, 1.807) is 14.2 Å². The molecule has 1 atom stereocenters. The van der Waals surface area contributed by atoms with Gasteiger partial charge in [-0.1, -0.05) is 13.3 Å². The van der Waals surface area contributed by atoms with E-state index in [-0.39, 0.29) is 0 Å². The smallest absolute Gasteiger partial charge is 0.203 e. The zero-order valence-electron chi connectivity index (χ0n) is 13.3. The van der Waals surface area contributed by atoms with Crippen LogP contribution in [0.2, 0.25) is 0 Å². The average molecular weight is 281 g/mol. The van der Waals surface area contributed by atoms with Crippen molar-refractivity contribution in [2.24, 2.45) is 0 Å². The van der Waals surface area contributed by atoms with Crippen LogP contribution in [0.5, 0.6) is 17.2 Å². The summed E-state index contributed by atoms with van der Waals surface area (Å²) < 4.78 is 16.5. The van der Waals surface area contributed by atoms with E-state index in [0.29, 0.717) is 29.9 Å². The van der Waals surface area contributed by atoms with Gasteiger partial charge in [-0.05, 0) is 38.0 Å². The summed E-state index contributed by atoms with van der Waals surface area (Å²) in [6.07, 6.45) is 2.37. The van der Waals surface area contributed by atoms with Crippen LogP contribution in [-0.2, 0) is 0 Å². The van der Waals surface area contributed by atoms with E-state index in [1.807, 2.05) is 19.1 Å². The van der Waals surface area contributed by atoms with Gasteiger partial charge in [-0.2, -0.15) is 0 Å². The van der Waals surface area contributed by atoms with Crippen molar-refractivity contribution in [3.05, 3.63) is 17.7 Å². The lowest BCUT2D eigenvalue weighted by Gasteiger charge is -2.17. The fourth-order valence-electron chi connectivity index (χ4n) is 2.15. The number of hydrogen-bond acceptors (Lipinski definition) is 4. The first-order chi connectivity index (χ1) is 9.62. The molecule has 4 heteroatoms. The van der Waals surface area contributed by atoms with E-state index >= 15 is 0 Å². The summed E-state index contributed by atoms with van der Waals surface area (Å²) in [5, 5.41) is 3.43. The maximum atomic E-state index is 5.82. The zero-order chi connectivity index (χ0) is 15.0. The maximum Gasteiger partial charge on any atom is 0.203 e. The second-order valence-corrected chi connectivity index (χ2v) is 4.99. The van der Waals surface area contributed by atoms with Crippen LogP contribution in [0.4, 0.5) is 0 Å². The molecule has 0 aliphatic rings. The van der Waals surface area contributed by atoms with Crippen LogP contribution in [-0.4, -0.2) is 33.4 Å². The van der Waals surface area contributed by atoms with Gasteiger partial charge in [-0.25, -0.2) is 0 Å². The summed E-state index contributed by atoms with van der Waals surface area (Å²) in [6.45, 7) is 7.78. The lowest BCUT2D eigenvalue weighted by Crippen LogP contribution is -2.30. The first-order valence-electron chi connectivity index (χ1n) is 7.21. The lowest BCUT2D eigenvalue weighted by molar-refractivity contribution is 0.268. The molecule has 1 aromatic carbocycles. The van der Waals surface area contributed by atoms with Gasteiger partial charge in [0.2, 0.25) is 5.75 Å². The van der Waals surface area contributed by atoms with Crippen molar-refractivity contribution in [2.45, 2.75) is 39.7 Å². The first kappa shape index (κ1) is 16.6. The average Bonchev–Trinajstić information content (AvgIpc) is 2.44. The molecule has 0 aliphatic heterocycles. The van der Waals surface area contributed by atoms with Crippen LogP contribution in [0.15, 0.2) is 12.1 Å². The van der Waals surface area contributed by atoms with Gasteiger partial charge in [0.05, 0.1) is 14.2 Å². The molecule has 1 rings (SSSR count). The summed E-state index contributed by atoms with van der Waals surface area (Å²) in [7, 11) is 3.28. The summed E-state index contributed by atoms with van der Waals surface area (Å²) in [5.74, 6) is 2.09. The Kier molecular flexibility index (Phi) is 7.23. The second kappa shape index (κ2) is 8.69. The SMILES string of the molecule is CCCC(C)NCCOc1c(OC)cc(C)cc1OC. The molecule has 0 amide bonds. The zero-order valence-corrected chi connectivity index (χ0v) is 13.3. The molecule has 1 aromatic rings. The third-order valence-electron chi connectivity index (χ3n) is 3.17. The van der Waals surface area contributed by atoms with E-state index in [1.165, 1.54) is 12.8 Å². The van der Waals surface area contributed by atoms with Crippen molar-refractivity contribution < 1.29 is 14.2 Å². The Balaban J connectivity index is 2.58. The van der Waals surface area contributed by atoms with Crippen LogP contribution < -0.4 is 19.5 Å². The minimum absolute atomic E-state index is 0.519. The molecule has 0 aliphatic carbocycles. The van der Waals surface area contributed by atoms with Crippen molar-refractivity contribution in [1.82, 2.24) is 5.32 Å². The Morgan fingerprint density at radius 2 is 1.75 bits per heavy atom. The normalized spacial score (nSPS) is 12.1. The molecular formula is C16H27NO3. The van der Waals surface area contributed by atoms with Crippen LogP contribution in [0.1, 0.15) is 32.3 Å². The van der Waals surface area contributed by atoms with Gasteiger partial charge >= 0.3 is 0 Å². The molecule has 0 heterocycles. The van der Waals surface area contributed by atoms with Gasteiger partial charge in [0.1, 0.15) is 6.61 Å². The topological polar surface area (TPSA) is 39.7 Å². The molecule has 1 N–H and O–H groups in total. The molecule has 0 saturated heterocycles. The van der Waals surface area contributed by atoms with Crippen molar-refractivity contribution >= 4 is 0 Å². The number of methoxy groups -OCH3 is 2. The Hall–Kier alpha value is -1.42. The van der Waals surface area contributed by atoms with Crippen LogP contribution in [0.25, 0.3) is 0 Å². The molecular weight excluding hydrogens is 254 g/mol. The fourth-order valence-corrected chi connectivity index (χ4v) is 2.15. The van der Waals surface area contributed by atoms with E-state index < -0.39 is 0 Å². The minimum Gasteiger partial charge on any atom is -0.493 e. The van der Waals surface area contributed by atoms with E-state index in [0.717, 1.165) is 12.1 Å². The summed E-state index contributed by atoms with van der Waals surface area (Å²) in [4.78, 5) is 0. The highest BCUT2D eigenvalue weighted by Gasteiger charge is 2.12. The lowest BCUT2D eigenvalue weighted by atomic mass is 10.2. The molecule has 114 valence electrons. The van der Waals surface area contributed by atoms with Crippen molar-refractivity contribution in [3.8, 4) is 17.2 Å². The number of rotatable bonds is 9.